The number of amides is 3. The predicted octanol–water partition coefficient (Wildman–Crippen LogP) is 2.32. The molecule has 0 radical (unpaired) electrons. The summed E-state index contributed by atoms with van der Waals surface area (Å²) in [5.41, 5.74) is 0. The minimum atomic E-state index is -0.480. The molecule has 0 bridgehead atoms. The minimum absolute atomic E-state index is 0.0126. The monoisotopic (exact) mass is 377 g/mol. The Morgan fingerprint density at radius 1 is 0.889 bits per heavy atom. The van der Waals surface area contributed by atoms with Crippen LogP contribution in [0.1, 0.15) is 71.1 Å². The highest BCUT2D eigenvalue weighted by Gasteiger charge is 2.31. The standard InChI is InChI=1S/C21H35N3O3/c1-16(22-20(26)18-8-5-9-18)21(27)24-14-12-23(13-15-24)19(25)11-10-17-6-3-2-4-7-17/h16-18H,2-15H2,1H3,(H,22,26). The first-order valence-corrected chi connectivity index (χ1v) is 10.9. The zero-order valence-electron chi connectivity index (χ0n) is 16.8. The Hall–Kier alpha value is -1.59. The number of nitrogens with zero attached hydrogens (tertiary/aromatic N) is 2. The van der Waals surface area contributed by atoms with Gasteiger partial charge in [-0.1, -0.05) is 38.5 Å². The second-order valence-electron chi connectivity index (χ2n) is 8.61. The van der Waals surface area contributed by atoms with Crippen LogP contribution in [0.5, 0.6) is 0 Å². The summed E-state index contributed by atoms with van der Waals surface area (Å²) in [6, 6.07) is -0.480. The number of hydrogen-bond donors (Lipinski definition) is 1. The van der Waals surface area contributed by atoms with Gasteiger partial charge in [0.05, 0.1) is 0 Å². The van der Waals surface area contributed by atoms with Crippen molar-refractivity contribution in [3.63, 3.8) is 0 Å². The molecule has 1 unspecified atom stereocenters. The molecule has 0 aromatic rings. The third-order valence-electron chi connectivity index (χ3n) is 6.64. The summed E-state index contributed by atoms with van der Waals surface area (Å²) in [6.45, 7) is 4.12. The molecule has 0 aromatic carbocycles. The second kappa shape index (κ2) is 9.56. The van der Waals surface area contributed by atoms with Crippen LogP contribution in [0, 0.1) is 11.8 Å². The van der Waals surface area contributed by atoms with Gasteiger partial charge in [0.2, 0.25) is 17.7 Å². The lowest BCUT2D eigenvalue weighted by Gasteiger charge is -2.36. The first kappa shape index (κ1) is 20.2. The average Bonchev–Trinajstić information content (AvgIpc) is 2.65. The van der Waals surface area contributed by atoms with E-state index in [1.165, 1.54) is 32.1 Å². The fraction of sp³-hybridized carbons (Fsp3) is 0.857. The zero-order valence-corrected chi connectivity index (χ0v) is 16.8. The van der Waals surface area contributed by atoms with Gasteiger partial charge in [-0.05, 0) is 32.1 Å². The Kier molecular flexibility index (Phi) is 7.13. The third-order valence-corrected chi connectivity index (χ3v) is 6.64. The number of rotatable bonds is 6. The van der Waals surface area contributed by atoms with E-state index >= 15 is 0 Å². The van der Waals surface area contributed by atoms with E-state index in [-0.39, 0.29) is 23.6 Å². The molecule has 1 aliphatic heterocycles. The number of carbonyl (C=O) groups is 3. The lowest BCUT2D eigenvalue weighted by atomic mass is 9.84. The molecule has 2 aliphatic carbocycles. The fourth-order valence-electron chi connectivity index (χ4n) is 4.48. The molecule has 152 valence electrons. The number of nitrogens with one attached hydrogen (secondary N) is 1. The van der Waals surface area contributed by atoms with Crippen molar-refractivity contribution >= 4 is 17.7 Å². The van der Waals surface area contributed by atoms with Gasteiger partial charge in [-0.15, -0.1) is 0 Å². The Morgan fingerprint density at radius 3 is 2.11 bits per heavy atom. The first-order valence-electron chi connectivity index (χ1n) is 10.9. The van der Waals surface area contributed by atoms with Crippen LogP contribution in [0.3, 0.4) is 0 Å². The Balaban J connectivity index is 1.36. The molecular formula is C21H35N3O3. The molecule has 3 amide bonds. The molecule has 2 saturated carbocycles. The van der Waals surface area contributed by atoms with E-state index in [0.717, 1.165) is 31.6 Å². The molecule has 3 fully saturated rings. The molecule has 0 spiro atoms. The fourth-order valence-corrected chi connectivity index (χ4v) is 4.48. The van der Waals surface area contributed by atoms with Gasteiger partial charge >= 0.3 is 0 Å². The van der Waals surface area contributed by atoms with E-state index in [1.54, 1.807) is 11.8 Å². The van der Waals surface area contributed by atoms with E-state index in [1.807, 2.05) is 4.90 Å². The molecule has 0 aromatic heterocycles. The zero-order chi connectivity index (χ0) is 19.2. The number of carbonyl (C=O) groups excluding carboxylic acids is 3. The average molecular weight is 378 g/mol. The molecule has 1 saturated heterocycles. The molecule has 6 heteroatoms. The number of hydrogen-bond acceptors (Lipinski definition) is 3. The van der Waals surface area contributed by atoms with E-state index in [0.29, 0.717) is 32.6 Å². The van der Waals surface area contributed by atoms with E-state index in [2.05, 4.69) is 5.32 Å². The topological polar surface area (TPSA) is 69.7 Å². The van der Waals surface area contributed by atoms with E-state index in [9.17, 15) is 14.4 Å². The largest absolute Gasteiger partial charge is 0.344 e. The highest BCUT2D eigenvalue weighted by atomic mass is 16.2. The van der Waals surface area contributed by atoms with Crippen LogP contribution in [0.2, 0.25) is 0 Å². The van der Waals surface area contributed by atoms with Gasteiger partial charge in [-0.25, -0.2) is 0 Å². The molecular weight excluding hydrogens is 342 g/mol. The molecule has 1 atom stereocenters. The van der Waals surface area contributed by atoms with Crippen molar-refractivity contribution in [1.29, 1.82) is 0 Å². The SMILES string of the molecule is CC(NC(=O)C1CCC1)C(=O)N1CCN(C(=O)CCC2CCCCC2)CC1. The van der Waals surface area contributed by atoms with Crippen molar-refractivity contribution in [2.24, 2.45) is 11.8 Å². The maximum absolute atomic E-state index is 12.6. The molecule has 3 rings (SSSR count). The summed E-state index contributed by atoms with van der Waals surface area (Å²) in [5.74, 6) is 1.04. The maximum atomic E-state index is 12.6. The third kappa shape index (κ3) is 5.45. The lowest BCUT2D eigenvalue weighted by molar-refractivity contribution is -0.142. The van der Waals surface area contributed by atoms with Gasteiger partial charge in [0.15, 0.2) is 0 Å². The maximum Gasteiger partial charge on any atom is 0.244 e. The Labute approximate surface area is 163 Å². The summed E-state index contributed by atoms with van der Waals surface area (Å²) in [7, 11) is 0. The predicted molar refractivity (Wildman–Crippen MR) is 104 cm³/mol. The minimum Gasteiger partial charge on any atom is -0.344 e. The van der Waals surface area contributed by atoms with Crippen molar-refractivity contribution in [1.82, 2.24) is 15.1 Å². The Morgan fingerprint density at radius 2 is 1.52 bits per heavy atom. The van der Waals surface area contributed by atoms with E-state index < -0.39 is 6.04 Å². The summed E-state index contributed by atoms with van der Waals surface area (Å²) < 4.78 is 0. The smallest absolute Gasteiger partial charge is 0.244 e. The second-order valence-corrected chi connectivity index (χ2v) is 8.61. The van der Waals surface area contributed by atoms with Gasteiger partial charge in [0, 0.05) is 38.5 Å². The van der Waals surface area contributed by atoms with Crippen LogP contribution >= 0.6 is 0 Å². The summed E-state index contributed by atoms with van der Waals surface area (Å²) in [6.07, 6.45) is 11.2. The molecule has 1 N–H and O–H groups in total. The van der Waals surface area contributed by atoms with Crippen LogP contribution in [0.4, 0.5) is 0 Å². The van der Waals surface area contributed by atoms with Gasteiger partial charge < -0.3 is 15.1 Å². The van der Waals surface area contributed by atoms with Crippen LogP contribution in [0.25, 0.3) is 0 Å². The van der Waals surface area contributed by atoms with Crippen molar-refractivity contribution in [2.75, 3.05) is 26.2 Å². The van der Waals surface area contributed by atoms with Crippen LogP contribution in [-0.2, 0) is 14.4 Å². The quantitative estimate of drug-likeness (QED) is 0.772. The molecule has 6 nitrogen and oxygen atoms in total. The summed E-state index contributed by atoms with van der Waals surface area (Å²) in [5, 5.41) is 2.86. The van der Waals surface area contributed by atoms with Gasteiger partial charge in [0.1, 0.15) is 6.04 Å². The number of piperazine rings is 1. The molecule has 27 heavy (non-hydrogen) atoms. The molecule has 3 aliphatic rings. The van der Waals surface area contributed by atoms with Gasteiger partial charge in [-0.3, -0.25) is 14.4 Å². The highest BCUT2D eigenvalue weighted by Crippen LogP contribution is 2.28. The van der Waals surface area contributed by atoms with Crippen molar-refractivity contribution in [3.8, 4) is 0 Å². The van der Waals surface area contributed by atoms with Crippen LogP contribution in [-0.4, -0.2) is 59.7 Å². The van der Waals surface area contributed by atoms with Crippen molar-refractivity contribution in [2.45, 2.75) is 77.2 Å². The first-order chi connectivity index (χ1) is 13.0. The Bertz CT molecular complexity index is 533. The van der Waals surface area contributed by atoms with Crippen LogP contribution < -0.4 is 5.32 Å². The summed E-state index contributed by atoms with van der Waals surface area (Å²) >= 11 is 0. The van der Waals surface area contributed by atoms with Crippen molar-refractivity contribution in [3.05, 3.63) is 0 Å². The lowest BCUT2D eigenvalue weighted by Crippen LogP contribution is -2.55. The van der Waals surface area contributed by atoms with E-state index in [4.69, 9.17) is 0 Å². The highest BCUT2D eigenvalue weighted by molar-refractivity contribution is 5.88. The molecule has 1 heterocycles. The van der Waals surface area contributed by atoms with Crippen LogP contribution in [0.15, 0.2) is 0 Å². The van der Waals surface area contributed by atoms with Gasteiger partial charge in [0.25, 0.3) is 0 Å². The normalized spacial score (nSPS) is 22.9. The van der Waals surface area contributed by atoms with Crippen molar-refractivity contribution < 1.29 is 14.4 Å². The van der Waals surface area contributed by atoms with Gasteiger partial charge in [-0.2, -0.15) is 0 Å². The summed E-state index contributed by atoms with van der Waals surface area (Å²) in [4.78, 5) is 40.8.